The Kier molecular flexibility index (Phi) is 4.46. The van der Waals surface area contributed by atoms with Gasteiger partial charge in [0.05, 0.1) is 11.4 Å². The summed E-state index contributed by atoms with van der Waals surface area (Å²) in [5.74, 6) is 0.146. The summed E-state index contributed by atoms with van der Waals surface area (Å²) in [6.07, 6.45) is 0. The van der Waals surface area contributed by atoms with E-state index in [-0.39, 0.29) is 11.3 Å². The summed E-state index contributed by atoms with van der Waals surface area (Å²) in [5, 5.41) is 11.8. The standard InChI is InChI=1S/C10H10N2O.C6H7NO/c1-8-7-10(13)12(11-8)9-5-3-2-4-6-9;7-5-3-1-2-4-6(5)8/h2-7,11H,1H3;1-4,8H,7H2. The van der Waals surface area contributed by atoms with Gasteiger partial charge in [-0.2, -0.15) is 0 Å². The predicted molar refractivity (Wildman–Crippen MR) is 83.6 cm³/mol. The van der Waals surface area contributed by atoms with E-state index in [1.165, 1.54) is 4.68 Å². The Hall–Kier alpha value is -2.95. The van der Waals surface area contributed by atoms with Gasteiger partial charge in [0.2, 0.25) is 0 Å². The fourth-order valence-electron chi connectivity index (χ4n) is 1.77. The van der Waals surface area contributed by atoms with Crippen LogP contribution < -0.4 is 11.3 Å². The molecule has 0 amide bonds. The minimum atomic E-state index is -0.0244. The second-order valence-corrected chi connectivity index (χ2v) is 4.51. The topological polar surface area (TPSA) is 84.0 Å². The first kappa shape index (κ1) is 14.5. The zero-order valence-corrected chi connectivity index (χ0v) is 11.7. The van der Waals surface area contributed by atoms with Crippen LogP contribution in [-0.2, 0) is 0 Å². The summed E-state index contributed by atoms with van der Waals surface area (Å²) in [6.45, 7) is 1.86. The number of aromatic nitrogens is 2. The van der Waals surface area contributed by atoms with Crippen LogP contribution in [0, 0.1) is 6.92 Å². The van der Waals surface area contributed by atoms with Crippen LogP contribution in [0.4, 0.5) is 5.69 Å². The molecule has 3 aromatic rings. The zero-order valence-electron chi connectivity index (χ0n) is 11.7. The van der Waals surface area contributed by atoms with Crippen LogP contribution in [0.25, 0.3) is 5.69 Å². The van der Waals surface area contributed by atoms with Crippen molar-refractivity contribution in [2.24, 2.45) is 0 Å². The van der Waals surface area contributed by atoms with E-state index < -0.39 is 0 Å². The molecule has 0 aliphatic heterocycles. The van der Waals surface area contributed by atoms with Crippen molar-refractivity contribution in [1.82, 2.24) is 9.78 Å². The van der Waals surface area contributed by atoms with Crippen LogP contribution in [0.5, 0.6) is 5.75 Å². The van der Waals surface area contributed by atoms with Gasteiger partial charge in [0, 0.05) is 11.8 Å². The second kappa shape index (κ2) is 6.47. The SMILES string of the molecule is Cc1cc(=O)n(-c2ccccc2)[nH]1.Nc1ccccc1O. The summed E-state index contributed by atoms with van der Waals surface area (Å²) >= 11 is 0. The molecular weight excluding hydrogens is 266 g/mol. The number of anilines is 1. The Labute approximate surface area is 122 Å². The number of phenols is 1. The van der Waals surface area contributed by atoms with Crippen LogP contribution in [0.15, 0.2) is 65.5 Å². The fraction of sp³-hybridized carbons (Fsp3) is 0.0625. The van der Waals surface area contributed by atoms with Gasteiger partial charge in [-0.05, 0) is 31.2 Å². The molecule has 21 heavy (non-hydrogen) atoms. The number of nitrogens with zero attached hydrogens (tertiary/aromatic N) is 1. The average Bonchev–Trinajstić information content (AvgIpc) is 2.83. The number of nitrogens with one attached hydrogen (secondary N) is 1. The largest absolute Gasteiger partial charge is 0.506 e. The molecule has 108 valence electrons. The molecule has 1 aromatic heterocycles. The number of aryl methyl sites for hydroxylation is 1. The zero-order chi connectivity index (χ0) is 15.2. The molecule has 4 N–H and O–H groups in total. The monoisotopic (exact) mass is 283 g/mol. The molecule has 0 saturated carbocycles. The average molecular weight is 283 g/mol. The van der Waals surface area contributed by atoms with Crippen LogP contribution in [-0.4, -0.2) is 14.9 Å². The van der Waals surface area contributed by atoms with Crippen molar-refractivity contribution in [2.75, 3.05) is 5.73 Å². The molecule has 0 fully saturated rings. The normalized spacial score (nSPS) is 9.76. The molecule has 0 saturated heterocycles. The first-order chi connectivity index (χ1) is 10.1. The van der Waals surface area contributed by atoms with Crippen LogP contribution >= 0.6 is 0 Å². The van der Waals surface area contributed by atoms with E-state index in [0.29, 0.717) is 5.69 Å². The summed E-state index contributed by atoms with van der Waals surface area (Å²) < 4.78 is 1.52. The lowest BCUT2D eigenvalue weighted by atomic mass is 10.3. The van der Waals surface area contributed by atoms with Gasteiger partial charge < -0.3 is 10.8 Å². The molecule has 2 aromatic carbocycles. The Morgan fingerprint density at radius 3 is 2.14 bits per heavy atom. The van der Waals surface area contributed by atoms with Gasteiger partial charge in [-0.15, -0.1) is 0 Å². The number of nitrogen functional groups attached to an aromatic ring is 1. The van der Waals surface area contributed by atoms with Crippen molar-refractivity contribution in [3.05, 3.63) is 76.7 Å². The highest BCUT2D eigenvalue weighted by molar-refractivity contribution is 5.50. The molecule has 5 nitrogen and oxygen atoms in total. The van der Waals surface area contributed by atoms with Crippen LogP contribution in [0.3, 0.4) is 0 Å². The minimum Gasteiger partial charge on any atom is -0.506 e. The van der Waals surface area contributed by atoms with Crippen molar-refractivity contribution < 1.29 is 5.11 Å². The van der Waals surface area contributed by atoms with Crippen molar-refractivity contribution in [2.45, 2.75) is 6.92 Å². The summed E-state index contributed by atoms with van der Waals surface area (Å²) in [4.78, 5) is 11.4. The highest BCUT2D eigenvalue weighted by atomic mass is 16.3. The minimum absolute atomic E-state index is 0.0244. The first-order valence-electron chi connectivity index (χ1n) is 6.45. The molecule has 0 aliphatic carbocycles. The number of hydrogen-bond acceptors (Lipinski definition) is 3. The first-order valence-corrected chi connectivity index (χ1v) is 6.45. The molecule has 1 heterocycles. The molecule has 0 radical (unpaired) electrons. The van der Waals surface area contributed by atoms with Gasteiger partial charge >= 0.3 is 0 Å². The lowest BCUT2D eigenvalue weighted by Crippen LogP contribution is -2.12. The van der Waals surface area contributed by atoms with Crippen molar-refractivity contribution in [3.8, 4) is 11.4 Å². The Morgan fingerprint density at radius 1 is 1.05 bits per heavy atom. The van der Waals surface area contributed by atoms with E-state index in [0.717, 1.165) is 11.4 Å². The van der Waals surface area contributed by atoms with E-state index in [4.69, 9.17) is 10.8 Å². The van der Waals surface area contributed by atoms with Gasteiger partial charge in [0.1, 0.15) is 5.75 Å². The summed E-state index contributed by atoms with van der Waals surface area (Å²) in [7, 11) is 0. The number of aromatic amines is 1. The number of phenolic OH excluding ortho intramolecular Hbond substituents is 1. The maximum atomic E-state index is 11.4. The lowest BCUT2D eigenvalue weighted by Gasteiger charge is -1.99. The highest BCUT2D eigenvalue weighted by Crippen LogP contribution is 2.16. The number of rotatable bonds is 1. The molecule has 0 aliphatic rings. The van der Waals surface area contributed by atoms with E-state index in [2.05, 4.69) is 5.10 Å². The number of para-hydroxylation sites is 3. The molecule has 3 rings (SSSR count). The van der Waals surface area contributed by atoms with Crippen molar-refractivity contribution in [1.29, 1.82) is 0 Å². The summed E-state index contributed by atoms with van der Waals surface area (Å²) in [6, 6.07) is 17.8. The number of H-pyrrole nitrogens is 1. The summed E-state index contributed by atoms with van der Waals surface area (Å²) in [5.41, 5.74) is 7.40. The highest BCUT2D eigenvalue weighted by Gasteiger charge is 2.00. The fourth-order valence-corrected chi connectivity index (χ4v) is 1.77. The maximum Gasteiger partial charge on any atom is 0.271 e. The quantitative estimate of drug-likeness (QED) is 0.474. The third-order valence-electron chi connectivity index (χ3n) is 2.80. The van der Waals surface area contributed by atoms with Crippen LogP contribution in [0.1, 0.15) is 5.69 Å². The van der Waals surface area contributed by atoms with Crippen molar-refractivity contribution >= 4 is 5.69 Å². The van der Waals surface area contributed by atoms with Gasteiger partial charge in [0.15, 0.2) is 0 Å². The Morgan fingerprint density at radius 2 is 1.67 bits per heavy atom. The number of aromatic hydroxyl groups is 1. The third-order valence-corrected chi connectivity index (χ3v) is 2.80. The number of nitrogens with two attached hydrogens (primary N) is 1. The second-order valence-electron chi connectivity index (χ2n) is 4.51. The van der Waals surface area contributed by atoms with E-state index in [9.17, 15) is 4.79 Å². The molecule has 0 unspecified atom stereocenters. The Balaban J connectivity index is 0.000000173. The van der Waals surface area contributed by atoms with Gasteiger partial charge in [-0.3, -0.25) is 9.89 Å². The van der Waals surface area contributed by atoms with Crippen molar-refractivity contribution in [3.63, 3.8) is 0 Å². The lowest BCUT2D eigenvalue weighted by molar-refractivity contribution is 0.478. The van der Waals surface area contributed by atoms with Crippen LogP contribution in [0.2, 0.25) is 0 Å². The molecule has 0 spiro atoms. The molecule has 0 atom stereocenters. The van der Waals surface area contributed by atoms with Gasteiger partial charge in [-0.1, -0.05) is 30.3 Å². The van der Waals surface area contributed by atoms with Gasteiger partial charge in [0.25, 0.3) is 5.56 Å². The number of benzene rings is 2. The number of hydrogen-bond donors (Lipinski definition) is 3. The molecule has 5 heteroatoms. The van der Waals surface area contributed by atoms with Gasteiger partial charge in [-0.25, -0.2) is 4.68 Å². The predicted octanol–water partition coefficient (Wildman–Crippen LogP) is 2.45. The molecular formula is C16H17N3O2. The van der Waals surface area contributed by atoms with E-state index >= 15 is 0 Å². The van der Waals surface area contributed by atoms with E-state index in [1.807, 2.05) is 37.3 Å². The smallest absolute Gasteiger partial charge is 0.271 e. The van der Waals surface area contributed by atoms with E-state index in [1.54, 1.807) is 30.3 Å². The third kappa shape index (κ3) is 3.76. The Bertz CT molecular complexity index is 739. The maximum absolute atomic E-state index is 11.4. The molecule has 0 bridgehead atoms.